The summed E-state index contributed by atoms with van der Waals surface area (Å²) >= 11 is 0.637. The lowest BCUT2D eigenvalue weighted by molar-refractivity contribution is 0.0703. The number of rotatable bonds is 2. The molecule has 1 amide bonds. The van der Waals surface area contributed by atoms with E-state index >= 15 is 0 Å². The van der Waals surface area contributed by atoms with Crippen LogP contribution in [0, 0.1) is 0 Å². The van der Waals surface area contributed by atoms with Crippen molar-refractivity contribution in [3.8, 4) is 0 Å². The Kier molecular flexibility index (Phi) is 1.96. The Morgan fingerprint density at radius 1 is 1.50 bits per heavy atom. The summed E-state index contributed by atoms with van der Waals surface area (Å²) in [4.78, 5) is 20.8. The van der Waals surface area contributed by atoms with Crippen LogP contribution in [-0.4, -0.2) is 21.4 Å². The highest BCUT2D eigenvalue weighted by Gasteiger charge is 2.19. The third kappa shape index (κ3) is 1.21. The van der Waals surface area contributed by atoms with E-state index in [4.69, 9.17) is 16.6 Å². The fourth-order valence-electron chi connectivity index (χ4n) is 0.629. The van der Waals surface area contributed by atoms with Gasteiger partial charge in [-0.05, 0) is 11.5 Å². The summed E-state index contributed by atoms with van der Waals surface area (Å²) in [7, 11) is 0. The van der Waals surface area contributed by atoms with Crippen LogP contribution >= 0.6 is 11.5 Å². The summed E-state index contributed by atoms with van der Waals surface area (Å²) in [5, 5.41) is 8.50. The highest BCUT2D eigenvalue weighted by molar-refractivity contribution is 7.08. The zero-order valence-corrected chi connectivity index (χ0v) is 6.59. The van der Waals surface area contributed by atoms with Gasteiger partial charge >= 0.3 is 5.97 Å². The van der Waals surface area contributed by atoms with Gasteiger partial charge < -0.3 is 16.6 Å². The molecule has 0 spiro atoms. The molecule has 0 atom stereocenters. The minimum absolute atomic E-state index is 0.163. The Balaban J connectivity index is 3.22. The number of nitrogen functional groups attached to an aromatic ring is 1. The smallest absolute Gasteiger partial charge is 0.349 e. The molecule has 0 saturated carbocycles. The molecule has 0 saturated heterocycles. The number of aromatic nitrogens is 1. The number of hydrogen-bond acceptors (Lipinski definition) is 5. The molecule has 0 aromatic carbocycles. The molecule has 1 heterocycles. The number of carboxylic acid groups (broad SMARTS) is 1. The first-order chi connectivity index (χ1) is 5.54. The molecule has 0 fully saturated rings. The second kappa shape index (κ2) is 2.78. The highest BCUT2D eigenvalue weighted by Crippen LogP contribution is 2.20. The molecule has 12 heavy (non-hydrogen) atoms. The summed E-state index contributed by atoms with van der Waals surface area (Å²) in [6.45, 7) is 0. The fraction of sp³-hybridized carbons (Fsp3) is 0. The molecule has 5 N–H and O–H groups in total. The molecule has 64 valence electrons. The second-order valence-electron chi connectivity index (χ2n) is 1.94. The van der Waals surface area contributed by atoms with Crippen molar-refractivity contribution >= 4 is 29.1 Å². The predicted octanol–water partition coefficient (Wildman–Crippen LogP) is -0.478. The first kappa shape index (κ1) is 8.47. The van der Waals surface area contributed by atoms with Crippen LogP contribution in [0.4, 0.5) is 5.69 Å². The van der Waals surface area contributed by atoms with Crippen molar-refractivity contribution in [2.24, 2.45) is 5.73 Å². The maximum Gasteiger partial charge on any atom is 0.349 e. The van der Waals surface area contributed by atoms with E-state index in [1.165, 1.54) is 0 Å². The Hall–Kier alpha value is -1.63. The van der Waals surface area contributed by atoms with Crippen molar-refractivity contribution in [1.82, 2.24) is 4.37 Å². The number of amides is 1. The van der Waals surface area contributed by atoms with Crippen molar-refractivity contribution in [1.29, 1.82) is 0 Å². The van der Waals surface area contributed by atoms with Gasteiger partial charge in [-0.1, -0.05) is 0 Å². The average Bonchev–Trinajstić information content (AvgIpc) is 2.30. The molecular weight excluding hydrogens is 182 g/mol. The molecule has 1 aromatic heterocycles. The van der Waals surface area contributed by atoms with E-state index in [0.29, 0.717) is 11.5 Å². The second-order valence-corrected chi connectivity index (χ2v) is 2.72. The predicted molar refractivity (Wildman–Crippen MR) is 42.0 cm³/mol. The normalized spacial score (nSPS) is 9.67. The van der Waals surface area contributed by atoms with Crippen LogP contribution in [0.5, 0.6) is 0 Å². The summed E-state index contributed by atoms with van der Waals surface area (Å²) < 4.78 is 3.50. The number of carboxylic acids is 1. The van der Waals surface area contributed by atoms with Gasteiger partial charge in [-0.3, -0.25) is 4.79 Å². The number of hydrogen-bond donors (Lipinski definition) is 3. The van der Waals surface area contributed by atoms with Gasteiger partial charge in [0.2, 0.25) is 0 Å². The van der Waals surface area contributed by atoms with Crippen LogP contribution in [0.15, 0.2) is 0 Å². The zero-order valence-electron chi connectivity index (χ0n) is 5.77. The van der Waals surface area contributed by atoms with Crippen LogP contribution in [0.2, 0.25) is 0 Å². The summed E-state index contributed by atoms with van der Waals surface area (Å²) in [5.41, 5.74) is 9.78. The molecule has 6 nitrogen and oxygen atoms in total. The standard InChI is InChI=1S/C5H5N3O3S/c6-1-2(4(7)9)8-12-3(1)5(10)11/h6H2,(H2,7,9)(H,10,11). The zero-order chi connectivity index (χ0) is 9.30. The molecule has 1 aromatic rings. The summed E-state index contributed by atoms with van der Waals surface area (Å²) in [6.07, 6.45) is 0. The van der Waals surface area contributed by atoms with Crippen LogP contribution < -0.4 is 11.5 Å². The van der Waals surface area contributed by atoms with Gasteiger partial charge in [-0.15, -0.1) is 0 Å². The van der Waals surface area contributed by atoms with E-state index in [-0.39, 0.29) is 16.3 Å². The molecule has 0 aliphatic carbocycles. The first-order valence-corrected chi connectivity index (χ1v) is 3.59. The number of nitrogens with zero attached hydrogens (tertiary/aromatic N) is 1. The number of primary amides is 1. The quantitative estimate of drug-likeness (QED) is 0.577. The molecule has 0 aliphatic rings. The SMILES string of the molecule is NC(=O)c1nsc(C(=O)O)c1N. The number of aromatic carboxylic acids is 1. The lowest BCUT2D eigenvalue weighted by Gasteiger charge is -1.90. The first-order valence-electron chi connectivity index (χ1n) is 2.82. The Morgan fingerprint density at radius 3 is 2.33 bits per heavy atom. The van der Waals surface area contributed by atoms with E-state index in [1.54, 1.807) is 0 Å². The molecule has 7 heteroatoms. The van der Waals surface area contributed by atoms with Crippen LogP contribution in [-0.2, 0) is 0 Å². The van der Waals surface area contributed by atoms with Crippen molar-refractivity contribution in [3.63, 3.8) is 0 Å². The van der Waals surface area contributed by atoms with Crippen molar-refractivity contribution in [2.75, 3.05) is 5.73 Å². The molecule has 0 aliphatic heterocycles. The maximum absolute atomic E-state index is 10.6. The Bertz CT molecular complexity index is 314. The third-order valence-electron chi connectivity index (χ3n) is 1.16. The summed E-state index contributed by atoms with van der Waals surface area (Å²) in [6, 6.07) is 0. The van der Waals surface area contributed by atoms with Gasteiger partial charge in [-0.25, -0.2) is 4.79 Å². The van der Waals surface area contributed by atoms with Crippen LogP contribution in [0.25, 0.3) is 0 Å². The number of carbonyl (C=O) groups excluding carboxylic acids is 1. The molecule has 0 bridgehead atoms. The van der Waals surface area contributed by atoms with Crippen molar-refractivity contribution < 1.29 is 14.7 Å². The minimum Gasteiger partial charge on any atom is -0.477 e. The average molecular weight is 187 g/mol. The van der Waals surface area contributed by atoms with E-state index < -0.39 is 11.9 Å². The Morgan fingerprint density at radius 2 is 2.08 bits per heavy atom. The topological polar surface area (TPSA) is 119 Å². The highest BCUT2D eigenvalue weighted by atomic mass is 32.1. The molecule has 0 radical (unpaired) electrons. The van der Waals surface area contributed by atoms with Crippen molar-refractivity contribution in [3.05, 3.63) is 10.6 Å². The molecule has 0 unspecified atom stereocenters. The van der Waals surface area contributed by atoms with Crippen molar-refractivity contribution in [2.45, 2.75) is 0 Å². The van der Waals surface area contributed by atoms with Gasteiger partial charge in [0.05, 0.1) is 5.69 Å². The number of carbonyl (C=O) groups is 2. The number of anilines is 1. The van der Waals surface area contributed by atoms with E-state index in [2.05, 4.69) is 4.37 Å². The molecule has 1 rings (SSSR count). The fourth-order valence-corrected chi connectivity index (χ4v) is 1.27. The van der Waals surface area contributed by atoms with E-state index in [1.807, 2.05) is 0 Å². The largest absolute Gasteiger partial charge is 0.477 e. The lowest BCUT2D eigenvalue weighted by Crippen LogP contribution is -2.14. The molecular formula is C5H5N3O3S. The van der Waals surface area contributed by atoms with Gasteiger partial charge in [0.15, 0.2) is 10.6 Å². The van der Waals surface area contributed by atoms with Gasteiger partial charge in [-0.2, -0.15) is 4.37 Å². The van der Waals surface area contributed by atoms with Gasteiger partial charge in [0.25, 0.3) is 5.91 Å². The minimum atomic E-state index is -1.21. The monoisotopic (exact) mass is 187 g/mol. The van der Waals surface area contributed by atoms with Crippen LogP contribution in [0.1, 0.15) is 20.2 Å². The van der Waals surface area contributed by atoms with E-state index in [0.717, 1.165) is 0 Å². The maximum atomic E-state index is 10.6. The van der Waals surface area contributed by atoms with Crippen LogP contribution in [0.3, 0.4) is 0 Å². The summed E-state index contributed by atoms with van der Waals surface area (Å²) in [5.74, 6) is -2.03. The third-order valence-corrected chi connectivity index (χ3v) is 2.01. The van der Waals surface area contributed by atoms with Gasteiger partial charge in [0, 0.05) is 0 Å². The van der Waals surface area contributed by atoms with Gasteiger partial charge in [0.1, 0.15) is 0 Å². The van der Waals surface area contributed by atoms with E-state index in [9.17, 15) is 9.59 Å². The number of nitrogens with two attached hydrogens (primary N) is 2. The lowest BCUT2D eigenvalue weighted by atomic mass is 10.3. The Labute approximate surface area is 71.0 Å².